The van der Waals surface area contributed by atoms with Crippen LogP contribution < -0.4 is 5.32 Å². The molecule has 3 heterocycles. The van der Waals surface area contributed by atoms with Crippen molar-refractivity contribution in [3.05, 3.63) is 62.8 Å². The first kappa shape index (κ1) is 20.0. The van der Waals surface area contributed by atoms with Crippen LogP contribution in [0, 0.1) is 12.7 Å². The molecule has 148 valence electrons. The molecule has 0 spiro atoms. The van der Waals surface area contributed by atoms with Crippen molar-refractivity contribution in [2.75, 3.05) is 5.32 Å². The van der Waals surface area contributed by atoms with Gasteiger partial charge in [0, 0.05) is 10.6 Å². The van der Waals surface area contributed by atoms with Crippen LogP contribution in [-0.4, -0.2) is 21.3 Å². The van der Waals surface area contributed by atoms with Gasteiger partial charge in [0.05, 0.1) is 10.6 Å². The molecule has 0 saturated heterocycles. The van der Waals surface area contributed by atoms with Gasteiger partial charge in [0.1, 0.15) is 22.8 Å². The number of aromatic nitrogens is 3. The minimum absolute atomic E-state index is 0.0145. The summed E-state index contributed by atoms with van der Waals surface area (Å²) >= 11 is 10.6. The molecule has 0 bridgehead atoms. The van der Waals surface area contributed by atoms with Gasteiger partial charge in [-0.2, -0.15) is 0 Å². The fourth-order valence-corrected chi connectivity index (χ4v) is 5.31. The summed E-state index contributed by atoms with van der Waals surface area (Å²) in [5.41, 5.74) is 0.153. The average Bonchev–Trinajstić information content (AvgIpc) is 3.42. The largest absolute Gasteiger partial charge is 0.360 e. The Morgan fingerprint density at radius 1 is 1.31 bits per heavy atom. The Morgan fingerprint density at radius 3 is 2.93 bits per heavy atom. The molecule has 0 fully saturated rings. The Bertz CT molecular complexity index is 1140. The number of thiophene rings is 1. The maximum absolute atomic E-state index is 14.3. The van der Waals surface area contributed by atoms with E-state index in [0.29, 0.717) is 5.13 Å². The number of amides is 1. The topological polar surface area (TPSA) is 80.9 Å². The highest BCUT2D eigenvalue weighted by molar-refractivity contribution is 8.00. The van der Waals surface area contributed by atoms with E-state index in [1.165, 1.54) is 46.2 Å². The third kappa shape index (κ3) is 4.35. The fourth-order valence-electron chi connectivity index (χ4n) is 2.54. The lowest BCUT2D eigenvalue weighted by Gasteiger charge is -2.05. The van der Waals surface area contributed by atoms with Crippen molar-refractivity contribution >= 4 is 57.1 Å². The van der Waals surface area contributed by atoms with Crippen LogP contribution in [0.4, 0.5) is 9.52 Å². The van der Waals surface area contributed by atoms with E-state index < -0.39 is 11.7 Å². The van der Waals surface area contributed by atoms with E-state index in [0.717, 1.165) is 10.1 Å². The second-order valence-electron chi connectivity index (χ2n) is 5.75. The van der Waals surface area contributed by atoms with Gasteiger partial charge in [-0.15, -0.1) is 21.5 Å². The van der Waals surface area contributed by atoms with Crippen LogP contribution in [-0.2, 0) is 5.75 Å². The summed E-state index contributed by atoms with van der Waals surface area (Å²) in [7, 11) is 0. The number of hydrogen-bond acceptors (Lipinski definition) is 8. The number of anilines is 1. The van der Waals surface area contributed by atoms with Crippen LogP contribution in [0.3, 0.4) is 0 Å². The van der Waals surface area contributed by atoms with E-state index in [-0.39, 0.29) is 27.6 Å². The van der Waals surface area contributed by atoms with Crippen molar-refractivity contribution in [1.82, 2.24) is 15.4 Å². The normalized spacial score (nSPS) is 11.0. The lowest BCUT2D eigenvalue weighted by atomic mass is 10.1. The molecule has 6 nitrogen and oxygen atoms in total. The molecule has 3 aromatic heterocycles. The maximum Gasteiger partial charge on any atom is 0.263 e. The first-order valence-corrected chi connectivity index (χ1v) is 11.3. The quantitative estimate of drug-likeness (QED) is 0.281. The molecule has 0 atom stereocenters. The average molecular weight is 467 g/mol. The number of aryl methyl sites for hydroxylation is 1. The zero-order valence-electron chi connectivity index (χ0n) is 14.8. The van der Waals surface area contributed by atoms with Gasteiger partial charge in [-0.1, -0.05) is 52.0 Å². The van der Waals surface area contributed by atoms with Gasteiger partial charge < -0.3 is 4.52 Å². The van der Waals surface area contributed by atoms with Crippen LogP contribution in [0.15, 0.2) is 44.6 Å². The second-order valence-corrected chi connectivity index (χ2v) is 9.39. The lowest BCUT2D eigenvalue weighted by molar-refractivity contribution is 0.102. The van der Waals surface area contributed by atoms with Crippen molar-refractivity contribution in [3.8, 4) is 11.3 Å². The van der Waals surface area contributed by atoms with Crippen molar-refractivity contribution in [2.24, 2.45) is 0 Å². The van der Waals surface area contributed by atoms with E-state index in [1.54, 1.807) is 18.3 Å². The lowest BCUT2D eigenvalue weighted by Crippen LogP contribution is -2.13. The number of nitrogens with zero attached hydrogens (tertiary/aromatic N) is 3. The molecular formula is C18H12ClFN4O2S3. The Labute approximate surface area is 182 Å². The Morgan fingerprint density at radius 2 is 2.17 bits per heavy atom. The first-order chi connectivity index (χ1) is 14.0. The summed E-state index contributed by atoms with van der Waals surface area (Å²) in [4.78, 5) is 14.0. The standard InChI is InChI=1S/C18H12ClFN4O2S3/c1-9-13(15(24-26-9)14-11(19)5-2-6-12(14)20)16(25)21-17-22-23-18(29-17)28-8-10-4-3-7-27-10/h2-7H,8H2,1H3,(H,21,22,25). The summed E-state index contributed by atoms with van der Waals surface area (Å²) in [5, 5.41) is 17.1. The Kier molecular flexibility index (Phi) is 5.95. The van der Waals surface area contributed by atoms with Crippen molar-refractivity contribution in [3.63, 3.8) is 0 Å². The SMILES string of the molecule is Cc1onc(-c2c(F)cccc2Cl)c1C(=O)Nc1nnc(SCc2cccs2)s1. The molecular weight excluding hydrogens is 455 g/mol. The first-order valence-electron chi connectivity index (χ1n) is 8.23. The van der Waals surface area contributed by atoms with Gasteiger partial charge in [0.2, 0.25) is 5.13 Å². The van der Waals surface area contributed by atoms with Crippen LogP contribution in [0.5, 0.6) is 0 Å². The van der Waals surface area contributed by atoms with Crippen LogP contribution in [0.2, 0.25) is 5.02 Å². The molecule has 0 saturated carbocycles. The van der Waals surface area contributed by atoms with Crippen molar-refractivity contribution in [2.45, 2.75) is 17.0 Å². The smallest absolute Gasteiger partial charge is 0.263 e. The van der Waals surface area contributed by atoms with E-state index >= 15 is 0 Å². The van der Waals surface area contributed by atoms with E-state index in [9.17, 15) is 9.18 Å². The highest BCUT2D eigenvalue weighted by atomic mass is 35.5. The third-order valence-electron chi connectivity index (χ3n) is 3.83. The molecule has 0 aliphatic heterocycles. The number of carbonyl (C=O) groups is 1. The molecule has 1 N–H and O–H groups in total. The molecule has 0 unspecified atom stereocenters. The molecule has 11 heteroatoms. The number of rotatable bonds is 6. The summed E-state index contributed by atoms with van der Waals surface area (Å²) in [5.74, 6) is -0.0957. The number of hydrogen-bond donors (Lipinski definition) is 1. The number of halogens is 2. The van der Waals surface area contributed by atoms with Gasteiger partial charge in [-0.25, -0.2) is 4.39 Å². The van der Waals surface area contributed by atoms with E-state index in [2.05, 4.69) is 20.7 Å². The van der Waals surface area contributed by atoms with Crippen molar-refractivity contribution in [1.29, 1.82) is 0 Å². The molecule has 4 aromatic rings. The Hall–Kier alpha value is -2.27. The van der Waals surface area contributed by atoms with Crippen LogP contribution in [0.1, 0.15) is 21.0 Å². The minimum Gasteiger partial charge on any atom is -0.360 e. The van der Waals surface area contributed by atoms with Gasteiger partial charge in [-0.05, 0) is 30.5 Å². The zero-order chi connectivity index (χ0) is 20.4. The molecule has 0 aliphatic carbocycles. The van der Waals surface area contributed by atoms with E-state index in [1.807, 2.05) is 17.5 Å². The summed E-state index contributed by atoms with van der Waals surface area (Å²) in [6.45, 7) is 1.57. The summed E-state index contributed by atoms with van der Waals surface area (Å²) in [6.07, 6.45) is 0. The molecule has 1 aromatic carbocycles. The number of benzene rings is 1. The maximum atomic E-state index is 14.3. The monoisotopic (exact) mass is 466 g/mol. The van der Waals surface area contributed by atoms with E-state index in [4.69, 9.17) is 16.1 Å². The minimum atomic E-state index is -0.594. The fraction of sp³-hybridized carbons (Fsp3) is 0.111. The number of nitrogens with one attached hydrogen (secondary N) is 1. The summed E-state index contributed by atoms with van der Waals surface area (Å²) < 4.78 is 20.2. The predicted octanol–water partition coefficient (Wildman–Crippen LogP) is 5.90. The zero-order valence-corrected chi connectivity index (χ0v) is 18.0. The molecule has 1 amide bonds. The predicted molar refractivity (Wildman–Crippen MR) is 113 cm³/mol. The highest BCUT2D eigenvalue weighted by Gasteiger charge is 2.26. The van der Waals surface area contributed by atoms with Gasteiger partial charge >= 0.3 is 0 Å². The molecule has 0 aliphatic rings. The van der Waals surface area contributed by atoms with Gasteiger partial charge in [-0.3, -0.25) is 10.1 Å². The number of thioether (sulfide) groups is 1. The molecule has 0 radical (unpaired) electrons. The van der Waals surface area contributed by atoms with Crippen molar-refractivity contribution < 1.29 is 13.7 Å². The summed E-state index contributed by atoms with van der Waals surface area (Å²) in [6, 6.07) is 8.28. The van der Waals surface area contributed by atoms with Gasteiger partial charge in [0.25, 0.3) is 5.91 Å². The van der Waals surface area contributed by atoms with Crippen LogP contribution >= 0.6 is 46.0 Å². The molecule has 4 rings (SSSR count). The third-order valence-corrected chi connectivity index (χ3v) is 7.23. The van der Waals surface area contributed by atoms with Crippen LogP contribution in [0.25, 0.3) is 11.3 Å². The molecule has 29 heavy (non-hydrogen) atoms. The Balaban J connectivity index is 1.53. The second kappa shape index (κ2) is 8.62. The van der Waals surface area contributed by atoms with Gasteiger partial charge in [0.15, 0.2) is 4.34 Å². The number of carbonyl (C=O) groups excluding carboxylic acids is 1. The highest BCUT2D eigenvalue weighted by Crippen LogP contribution is 2.34.